The zero-order chi connectivity index (χ0) is 12.3. The average Bonchev–Trinajstić information content (AvgIpc) is 2.33. The Kier molecular flexibility index (Phi) is 3.18. The van der Waals surface area contributed by atoms with Crippen molar-refractivity contribution >= 4 is 5.82 Å². The second-order valence-electron chi connectivity index (χ2n) is 3.85. The molecule has 0 unspecified atom stereocenters. The second kappa shape index (κ2) is 4.78. The molecule has 0 amide bonds. The minimum absolute atomic E-state index is 0.126. The topological polar surface area (TPSA) is 59.8 Å². The van der Waals surface area contributed by atoms with E-state index >= 15 is 0 Å². The highest BCUT2D eigenvalue weighted by molar-refractivity contribution is 5.34. The lowest BCUT2D eigenvalue weighted by atomic mass is 10.1. The number of aryl methyl sites for hydroxylation is 2. The molecule has 0 bridgehead atoms. The molecule has 0 saturated heterocycles. The quantitative estimate of drug-likeness (QED) is 0.857. The Bertz CT molecular complexity index is 577. The van der Waals surface area contributed by atoms with E-state index in [0.29, 0.717) is 12.4 Å². The molecule has 0 aliphatic heterocycles. The maximum absolute atomic E-state index is 11.7. The molecule has 2 heterocycles. The molecule has 0 saturated carbocycles. The number of nitrogens with zero attached hydrogens (tertiary/aromatic N) is 3. The predicted molar refractivity (Wildman–Crippen MR) is 65.8 cm³/mol. The molecule has 5 heteroatoms. The van der Waals surface area contributed by atoms with E-state index in [1.165, 1.54) is 4.57 Å². The van der Waals surface area contributed by atoms with Gasteiger partial charge in [0.15, 0.2) is 5.82 Å². The second-order valence-corrected chi connectivity index (χ2v) is 3.85. The Morgan fingerprint density at radius 2 is 2.24 bits per heavy atom. The Balaban J connectivity index is 2.16. The molecule has 0 atom stereocenters. The van der Waals surface area contributed by atoms with Gasteiger partial charge in [0.25, 0.3) is 5.56 Å². The zero-order valence-electron chi connectivity index (χ0n) is 9.84. The number of anilines is 1. The molecule has 2 aromatic rings. The van der Waals surface area contributed by atoms with E-state index in [1.54, 1.807) is 31.8 Å². The third-order valence-electron chi connectivity index (χ3n) is 2.60. The fourth-order valence-corrected chi connectivity index (χ4v) is 1.50. The minimum Gasteiger partial charge on any atom is -0.361 e. The van der Waals surface area contributed by atoms with E-state index in [0.717, 1.165) is 11.1 Å². The smallest absolute Gasteiger partial charge is 0.293 e. The Morgan fingerprint density at radius 3 is 3.00 bits per heavy atom. The van der Waals surface area contributed by atoms with Crippen LogP contribution in [-0.2, 0) is 13.6 Å². The lowest BCUT2D eigenvalue weighted by molar-refractivity contribution is 0.839. The van der Waals surface area contributed by atoms with Crippen LogP contribution in [0.5, 0.6) is 0 Å². The van der Waals surface area contributed by atoms with Gasteiger partial charge in [0.05, 0.1) is 0 Å². The molecule has 0 aromatic carbocycles. The van der Waals surface area contributed by atoms with Crippen molar-refractivity contribution in [2.45, 2.75) is 13.5 Å². The highest BCUT2D eigenvalue weighted by Gasteiger charge is 2.03. The SMILES string of the molecule is Cc1cnccc1CNc1nccn(C)c1=O. The van der Waals surface area contributed by atoms with Crippen molar-refractivity contribution in [2.75, 3.05) is 5.32 Å². The van der Waals surface area contributed by atoms with Crippen LogP contribution in [0.25, 0.3) is 0 Å². The van der Waals surface area contributed by atoms with Crippen LogP contribution in [0.1, 0.15) is 11.1 Å². The summed E-state index contributed by atoms with van der Waals surface area (Å²) in [4.78, 5) is 19.7. The molecule has 5 nitrogen and oxygen atoms in total. The van der Waals surface area contributed by atoms with E-state index in [2.05, 4.69) is 15.3 Å². The van der Waals surface area contributed by atoms with Crippen LogP contribution in [0, 0.1) is 6.92 Å². The van der Waals surface area contributed by atoms with E-state index in [-0.39, 0.29) is 5.56 Å². The van der Waals surface area contributed by atoms with Gasteiger partial charge in [0.2, 0.25) is 0 Å². The molecular weight excluding hydrogens is 216 g/mol. The van der Waals surface area contributed by atoms with Crippen molar-refractivity contribution in [3.63, 3.8) is 0 Å². The summed E-state index contributed by atoms with van der Waals surface area (Å²) >= 11 is 0. The maximum Gasteiger partial charge on any atom is 0.293 e. The largest absolute Gasteiger partial charge is 0.361 e. The lowest BCUT2D eigenvalue weighted by Crippen LogP contribution is -2.21. The first-order valence-electron chi connectivity index (χ1n) is 5.33. The van der Waals surface area contributed by atoms with Gasteiger partial charge in [0, 0.05) is 38.4 Å². The summed E-state index contributed by atoms with van der Waals surface area (Å²) < 4.78 is 1.49. The van der Waals surface area contributed by atoms with Gasteiger partial charge in [-0.15, -0.1) is 0 Å². The molecule has 2 aromatic heterocycles. The number of hydrogen-bond acceptors (Lipinski definition) is 4. The van der Waals surface area contributed by atoms with E-state index in [4.69, 9.17) is 0 Å². The monoisotopic (exact) mass is 230 g/mol. The minimum atomic E-state index is -0.126. The first kappa shape index (κ1) is 11.3. The number of aromatic nitrogens is 3. The van der Waals surface area contributed by atoms with Gasteiger partial charge in [0.1, 0.15) is 0 Å². The van der Waals surface area contributed by atoms with Gasteiger partial charge in [-0.1, -0.05) is 0 Å². The van der Waals surface area contributed by atoms with Crippen molar-refractivity contribution in [3.8, 4) is 0 Å². The van der Waals surface area contributed by atoms with Gasteiger partial charge in [-0.25, -0.2) is 4.98 Å². The van der Waals surface area contributed by atoms with E-state index in [1.807, 2.05) is 13.0 Å². The number of rotatable bonds is 3. The van der Waals surface area contributed by atoms with E-state index < -0.39 is 0 Å². The highest BCUT2D eigenvalue weighted by Crippen LogP contribution is 2.06. The Morgan fingerprint density at radius 1 is 1.41 bits per heavy atom. The molecule has 17 heavy (non-hydrogen) atoms. The van der Waals surface area contributed by atoms with Crippen LogP contribution in [0.3, 0.4) is 0 Å². The standard InChI is InChI=1S/C12H14N4O/c1-9-7-13-4-3-10(9)8-15-11-12(17)16(2)6-5-14-11/h3-7H,8H2,1-2H3,(H,14,15). The summed E-state index contributed by atoms with van der Waals surface area (Å²) in [6, 6.07) is 1.93. The fourth-order valence-electron chi connectivity index (χ4n) is 1.50. The first-order valence-corrected chi connectivity index (χ1v) is 5.33. The van der Waals surface area contributed by atoms with E-state index in [9.17, 15) is 4.79 Å². The molecule has 0 radical (unpaired) electrons. The molecule has 0 fully saturated rings. The summed E-state index contributed by atoms with van der Waals surface area (Å²) in [6.07, 6.45) is 6.77. The van der Waals surface area contributed by atoms with Crippen molar-refractivity contribution in [2.24, 2.45) is 7.05 Å². The molecule has 0 aliphatic rings. The van der Waals surface area contributed by atoms with Crippen molar-refractivity contribution < 1.29 is 0 Å². The molecule has 88 valence electrons. The Labute approximate surface area is 99.2 Å². The molecule has 0 spiro atoms. The predicted octanol–water partition coefficient (Wildman–Crippen LogP) is 1.10. The van der Waals surface area contributed by atoms with Crippen LogP contribution < -0.4 is 10.9 Å². The van der Waals surface area contributed by atoms with Crippen molar-refractivity contribution in [3.05, 3.63) is 52.3 Å². The van der Waals surface area contributed by atoms with Gasteiger partial charge in [-0.05, 0) is 24.1 Å². The highest BCUT2D eigenvalue weighted by atomic mass is 16.1. The van der Waals surface area contributed by atoms with Crippen molar-refractivity contribution in [1.82, 2.24) is 14.5 Å². The molecular formula is C12H14N4O. The van der Waals surface area contributed by atoms with Crippen molar-refractivity contribution in [1.29, 1.82) is 0 Å². The fraction of sp³-hybridized carbons (Fsp3) is 0.250. The lowest BCUT2D eigenvalue weighted by Gasteiger charge is -2.07. The maximum atomic E-state index is 11.7. The van der Waals surface area contributed by atoms with Crippen LogP contribution >= 0.6 is 0 Å². The third kappa shape index (κ3) is 2.50. The number of pyridine rings is 1. The molecule has 1 N–H and O–H groups in total. The Hall–Kier alpha value is -2.17. The normalized spacial score (nSPS) is 10.2. The summed E-state index contributed by atoms with van der Waals surface area (Å²) in [7, 11) is 1.70. The molecule has 0 aliphatic carbocycles. The van der Waals surface area contributed by atoms with Crippen LogP contribution in [-0.4, -0.2) is 14.5 Å². The number of hydrogen-bond donors (Lipinski definition) is 1. The first-order chi connectivity index (χ1) is 8.18. The third-order valence-corrected chi connectivity index (χ3v) is 2.60. The van der Waals surface area contributed by atoms with Gasteiger partial charge >= 0.3 is 0 Å². The summed E-state index contributed by atoms with van der Waals surface area (Å²) in [5, 5.41) is 3.04. The summed E-state index contributed by atoms with van der Waals surface area (Å²) in [5.74, 6) is 0.367. The van der Waals surface area contributed by atoms with Crippen LogP contribution in [0.2, 0.25) is 0 Å². The zero-order valence-corrected chi connectivity index (χ0v) is 9.84. The molecule has 2 rings (SSSR count). The van der Waals surface area contributed by atoms with Gasteiger partial charge in [-0.2, -0.15) is 0 Å². The van der Waals surface area contributed by atoms with Gasteiger partial charge < -0.3 is 9.88 Å². The van der Waals surface area contributed by atoms with Gasteiger partial charge in [-0.3, -0.25) is 9.78 Å². The van der Waals surface area contributed by atoms with Crippen LogP contribution in [0.4, 0.5) is 5.82 Å². The summed E-state index contributed by atoms with van der Waals surface area (Å²) in [6.45, 7) is 2.56. The van der Waals surface area contributed by atoms with Crippen LogP contribution in [0.15, 0.2) is 35.6 Å². The summed E-state index contributed by atoms with van der Waals surface area (Å²) in [5.41, 5.74) is 2.07. The average molecular weight is 230 g/mol. The number of nitrogens with one attached hydrogen (secondary N) is 1.